The van der Waals surface area contributed by atoms with E-state index in [1.807, 2.05) is 24.3 Å². The zero-order chi connectivity index (χ0) is 14.5. The van der Waals surface area contributed by atoms with Crippen molar-refractivity contribution in [3.63, 3.8) is 0 Å². The molecule has 20 heavy (non-hydrogen) atoms. The molecule has 2 rings (SSSR count). The number of carbonyl (C=O) groups is 1. The van der Waals surface area contributed by atoms with Crippen molar-refractivity contribution in [2.75, 3.05) is 6.54 Å². The fourth-order valence-corrected chi connectivity index (χ4v) is 3.08. The van der Waals surface area contributed by atoms with E-state index in [-0.39, 0.29) is 5.91 Å². The maximum absolute atomic E-state index is 11.5. The average Bonchev–Trinajstić information content (AvgIpc) is 2.46. The molecule has 0 atom stereocenters. The molecule has 0 aliphatic heterocycles. The molecule has 4 heteroatoms. The summed E-state index contributed by atoms with van der Waals surface area (Å²) in [6.45, 7) is 3.93. The first-order valence-electron chi connectivity index (χ1n) is 7.49. The van der Waals surface area contributed by atoms with Crippen molar-refractivity contribution in [1.29, 1.82) is 0 Å². The lowest BCUT2D eigenvalue weighted by Gasteiger charge is -2.35. The van der Waals surface area contributed by atoms with Gasteiger partial charge in [0.1, 0.15) is 0 Å². The van der Waals surface area contributed by atoms with E-state index < -0.39 is 0 Å². The summed E-state index contributed by atoms with van der Waals surface area (Å²) in [7, 11) is 0. The number of carbonyl (C=O) groups excluding carboxylic acids is 1. The van der Waals surface area contributed by atoms with Crippen molar-refractivity contribution < 1.29 is 4.79 Å². The molecule has 1 fully saturated rings. The summed E-state index contributed by atoms with van der Waals surface area (Å²) in [6, 6.07) is 8.56. The van der Waals surface area contributed by atoms with Crippen molar-refractivity contribution in [3.8, 4) is 0 Å². The van der Waals surface area contributed by atoms with Gasteiger partial charge < -0.3 is 11.5 Å². The second-order valence-corrected chi connectivity index (χ2v) is 5.65. The van der Waals surface area contributed by atoms with Crippen LogP contribution in [0.5, 0.6) is 0 Å². The molecule has 1 aliphatic carbocycles. The Kier molecular flexibility index (Phi) is 5.15. The number of nitrogens with two attached hydrogens (primary N) is 2. The lowest BCUT2D eigenvalue weighted by Crippen LogP contribution is -2.40. The van der Waals surface area contributed by atoms with Crippen LogP contribution in [0.3, 0.4) is 0 Å². The van der Waals surface area contributed by atoms with Gasteiger partial charge in [0.15, 0.2) is 0 Å². The van der Waals surface area contributed by atoms with Crippen LogP contribution in [0.15, 0.2) is 24.3 Å². The zero-order valence-corrected chi connectivity index (χ0v) is 12.2. The second-order valence-electron chi connectivity index (χ2n) is 5.65. The molecule has 1 amide bonds. The number of benzene rings is 1. The first kappa shape index (κ1) is 15.0. The molecule has 0 radical (unpaired) electrons. The van der Waals surface area contributed by atoms with E-state index in [4.69, 9.17) is 11.5 Å². The van der Waals surface area contributed by atoms with Gasteiger partial charge in [-0.15, -0.1) is 0 Å². The fourth-order valence-electron chi connectivity index (χ4n) is 3.08. The van der Waals surface area contributed by atoms with Crippen LogP contribution in [0.1, 0.15) is 48.5 Å². The Morgan fingerprint density at radius 1 is 1.25 bits per heavy atom. The molecule has 0 spiro atoms. The summed E-state index contributed by atoms with van der Waals surface area (Å²) >= 11 is 0. The van der Waals surface area contributed by atoms with Gasteiger partial charge in [0.05, 0.1) is 0 Å². The Morgan fingerprint density at radius 3 is 2.50 bits per heavy atom. The molecule has 0 saturated heterocycles. The molecule has 1 aromatic rings. The molecule has 1 aliphatic rings. The lowest BCUT2D eigenvalue weighted by molar-refractivity contribution is 0.0996. The largest absolute Gasteiger partial charge is 0.366 e. The third-order valence-corrected chi connectivity index (χ3v) is 4.32. The van der Waals surface area contributed by atoms with Crippen molar-refractivity contribution in [2.45, 2.75) is 51.2 Å². The molecule has 4 nitrogen and oxygen atoms in total. The minimum Gasteiger partial charge on any atom is -0.366 e. The van der Waals surface area contributed by atoms with E-state index in [2.05, 4.69) is 11.8 Å². The summed E-state index contributed by atoms with van der Waals surface area (Å²) in [5.41, 5.74) is 13.1. The molecule has 0 unspecified atom stereocenters. The monoisotopic (exact) mass is 275 g/mol. The standard InChI is InChI=1S/C16H25N3O/c1-2-19(14-9-7-13(17)8-10-14)11-12-5-3-4-6-15(12)16(18)20/h3-6,13-14H,2,7-11,17H2,1H3,(H2,18,20). The van der Waals surface area contributed by atoms with Crippen molar-refractivity contribution in [2.24, 2.45) is 11.5 Å². The number of amides is 1. The zero-order valence-electron chi connectivity index (χ0n) is 12.2. The highest BCUT2D eigenvalue weighted by Gasteiger charge is 2.24. The number of hydrogen-bond donors (Lipinski definition) is 2. The highest BCUT2D eigenvalue weighted by Crippen LogP contribution is 2.24. The van der Waals surface area contributed by atoms with Crippen molar-refractivity contribution >= 4 is 5.91 Å². The maximum atomic E-state index is 11.5. The normalized spacial score (nSPS) is 22.9. The number of nitrogens with zero attached hydrogens (tertiary/aromatic N) is 1. The van der Waals surface area contributed by atoms with E-state index >= 15 is 0 Å². The van der Waals surface area contributed by atoms with Crippen LogP contribution in [-0.4, -0.2) is 29.4 Å². The molecular weight excluding hydrogens is 250 g/mol. The summed E-state index contributed by atoms with van der Waals surface area (Å²) < 4.78 is 0. The molecule has 1 aromatic carbocycles. The molecule has 0 heterocycles. The average molecular weight is 275 g/mol. The van der Waals surface area contributed by atoms with Crippen LogP contribution >= 0.6 is 0 Å². The van der Waals surface area contributed by atoms with E-state index in [1.54, 1.807) is 0 Å². The molecule has 110 valence electrons. The second kappa shape index (κ2) is 6.86. The van der Waals surface area contributed by atoms with Gasteiger partial charge in [-0.2, -0.15) is 0 Å². The third kappa shape index (κ3) is 3.58. The van der Waals surface area contributed by atoms with Gasteiger partial charge in [0.25, 0.3) is 0 Å². The quantitative estimate of drug-likeness (QED) is 0.861. The van der Waals surface area contributed by atoms with Gasteiger partial charge in [-0.1, -0.05) is 25.1 Å². The van der Waals surface area contributed by atoms with Crippen molar-refractivity contribution in [1.82, 2.24) is 4.90 Å². The summed E-state index contributed by atoms with van der Waals surface area (Å²) in [4.78, 5) is 13.9. The topological polar surface area (TPSA) is 72.3 Å². The first-order chi connectivity index (χ1) is 9.61. The molecule has 0 bridgehead atoms. The SMILES string of the molecule is CCN(Cc1ccccc1C(N)=O)C1CCC(N)CC1. The van der Waals surface area contributed by atoms with Crippen LogP contribution in [0.25, 0.3) is 0 Å². The predicted octanol–water partition coefficient (Wildman–Crippen LogP) is 1.88. The van der Waals surface area contributed by atoms with Crippen LogP contribution in [0.4, 0.5) is 0 Å². The van der Waals surface area contributed by atoms with Crippen LogP contribution < -0.4 is 11.5 Å². The fraction of sp³-hybridized carbons (Fsp3) is 0.562. The number of hydrogen-bond acceptors (Lipinski definition) is 3. The summed E-state index contributed by atoms with van der Waals surface area (Å²) in [5, 5.41) is 0. The molecule has 1 saturated carbocycles. The maximum Gasteiger partial charge on any atom is 0.249 e. The lowest BCUT2D eigenvalue weighted by atomic mass is 9.90. The van der Waals surface area contributed by atoms with Gasteiger partial charge in [-0.05, 0) is 43.9 Å². The molecular formula is C16H25N3O. The number of primary amides is 1. The van der Waals surface area contributed by atoms with Gasteiger partial charge in [-0.3, -0.25) is 9.69 Å². The van der Waals surface area contributed by atoms with Gasteiger partial charge in [0, 0.05) is 24.2 Å². The number of rotatable bonds is 5. The van der Waals surface area contributed by atoms with Gasteiger partial charge >= 0.3 is 0 Å². The van der Waals surface area contributed by atoms with Crippen LogP contribution in [-0.2, 0) is 6.54 Å². The highest BCUT2D eigenvalue weighted by atomic mass is 16.1. The Balaban J connectivity index is 2.08. The van der Waals surface area contributed by atoms with Crippen LogP contribution in [0, 0.1) is 0 Å². The predicted molar refractivity (Wildman–Crippen MR) is 81.3 cm³/mol. The Morgan fingerprint density at radius 2 is 1.90 bits per heavy atom. The first-order valence-corrected chi connectivity index (χ1v) is 7.49. The Labute approximate surface area is 121 Å². The smallest absolute Gasteiger partial charge is 0.249 e. The summed E-state index contributed by atoms with van der Waals surface area (Å²) in [5.74, 6) is -0.345. The third-order valence-electron chi connectivity index (χ3n) is 4.32. The Hall–Kier alpha value is -1.39. The highest BCUT2D eigenvalue weighted by molar-refractivity contribution is 5.94. The molecule has 0 aromatic heterocycles. The van der Waals surface area contributed by atoms with Crippen molar-refractivity contribution in [3.05, 3.63) is 35.4 Å². The summed E-state index contributed by atoms with van der Waals surface area (Å²) in [6.07, 6.45) is 4.48. The van der Waals surface area contributed by atoms with Gasteiger partial charge in [0.2, 0.25) is 5.91 Å². The Bertz CT molecular complexity index is 453. The van der Waals surface area contributed by atoms with E-state index in [1.165, 1.54) is 0 Å². The van der Waals surface area contributed by atoms with E-state index in [0.717, 1.165) is 44.3 Å². The minimum absolute atomic E-state index is 0.345. The minimum atomic E-state index is -0.345. The van der Waals surface area contributed by atoms with E-state index in [0.29, 0.717) is 17.6 Å². The van der Waals surface area contributed by atoms with Crippen LogP contribution in [0.2, 0.25) is 0 Å². The molecule has 4 N–H and O–H groups in total. The van der Waals surface area contributed by atoms with Gasteiger partial charge in [-0.25, -0.2) is 0 Å². The van der Waals surface area contributed by atoms with E-state index in [9.17, 15) is 4.79 Å².